The van der Waals surface area contributed by atoms with Gasteiger partial charge in [0.2, 0.25) is 0 Å². The van der Waals surface area contributed by atoms with Crippen LogP contribution >= 0.6 is 0 Å². The number of hydrogen-bond acceptors (Lipinski definition) is 3. The maximum absolute atomic E-state index is 4.89. The molecule has 1 rings (SSSR count). The first-order chi connectivity index (χ1) is 7.50. The smallest absolute Gasteiger partial charge is 0.0853 e. The first-order valence-electron chi connectivity index (χ1n) is 6.41. The van der Waals surface area contributed by atoms with Crippen molar-refractivity contribution in [3.63, 3.8) is 0 Å². The fraction of sp³-hybridized carbons (Fsp3) is 1.00. The molecule has 3 heteroatoms. The standard InChI is InChI=1S/C12H24O3/c1-2-4-6-8-10-12-14-15-13-11-9-7-5-3-1/h1-12H2. The summed E-state index contributed by atoms with van der Waals surface area (Å²) in [6, 6.07) is 0. The molecule has 15 heavy (non-hydrogen) atoms. The molecule has 0 atom stereocenters. The van der Waals surface area contributed by atoms with Crippen molar-refractivity contribution in [2.45, 2.75) is 64.2 Å². The van der Waals surface area contributed by atoms with Gasteiger partial charge in [-0.3, -0.25) is 0 Å². The Balaban J connectivity index is 2.01. The van der Waals surface area contributed by atoms with Gasteiger partial charge in [-0.05, 0) is 12.8 Å². The normalized spacial score (nSPS) is 24.0. The molecule has 0 amide bonds. The predicted molar refractivity (Wildman–Crippen MR) is 59.2 cm³/mol. The Labute approximate surface area is 92.9 Å². The zero-order valence-corrected chi connectivity index (χ0v) is 9.71. The van der Waals surface area contributed by atoms with Gasteiger partial charge in [0, 0.05) is 0 Å². The van der Waals surface area contributed by atoms with Crippen LogP contribution in [0.4, 0.5) is 0 Å². The lowest BCUT2D eigenvalue weighted by Gasteiger charge is -2.02. The minimum absolute atomic E-state index is 0.653. The van der Waals surface area contributed by atoms with Crippen molar-refractivity contribution >= 4 is 0 Å². The predicted octanol–water partition coefficient (Wildman–Crippen LogP) is 3.78. The van der Waals surface area contributed by atoms with Gasteiger partial charge in [-0.15, -0.1) is 0 Å². The Bertz CT molecular complexity index is 69.4. The monoisotopic (exact) mass is 216 g/mol. The van der Waals surface area contributed by atoms with Gasteiger partial charge in [0.1, 0.15) is 0 Å². The van der Waals surface area contributed by atoms with Crippen LogP contribution in [0.3, 0.4) is 0 Å². The number of rotatable bonds is 0. The fourth-order valence-corrected chi connectivity index (χ4v) is 1.84. The molecule has 0 spiro atoms. The van der Waals surface area contributed by atoms with Crippen molar-refractivity contribution in [3.05, 3.63) is 0 Å². The van der Waals surface area contributed by atoms with Gasteiger partial charge in [-0.25, -0.2) is 9.78 Å². The third-order valence-electron chi connectivity index (χ3n) is 2.80. The van der Waals surface area contributed by atoms with E-state index in [9.17, 15) is 0 Å². The third-order valence-corrected chi connectivity index (χ3v) is 2.80. The molecule has 0 unspecified atom stereocenters. The first kappa shape index (κ1) is 12.9. The summed E-state index contributed by atoms with van der Waals surface area (Å²) in [4.78, 5) is 9.77. The molecule has 0 aliphatic carbocycles. The summed E-state index contributed by atoms with van der Waals surface area (Å²) in [5.41, 5.74) is 0. The van der Waals surface area contributed by atoms with Crippen molar-refractivity contribution in [2.75, 3.05) is 13.2 Å². The molecule has 0 bridgehead atoms. The Morgan fingerprint density at radius 2 is 0.733 bits per heavy atom. The van der Waals surface area contributed by atoms with Crippen LogP contribution < -0.4 is 0 Å². The highest BCUT2D eigenvalue weighted by Gasteiger charge is 1.96. The average Bonchev–Trinajstić information content (AvgIpc) is 2.27. The van der Waals surface area contributed by atoms with Crippen molar-refractivity contribution in [2.24, 2.45) is 0 Å². The second kappa shape index (κ2) is 10.4. The second-order valence-corrected chi connectivity index (χ2v) is 4.25. The van der Waals surface area contributed by atoms with Crippen LogP contribution in [-0.4, -0.2) is 13.2 Å². The van der Waals surface area contributed by atoms with Crippen LogP contribution in [0.5, 0.6) is 0 Å². The molecule has 0 radical (unpaired) electrons. The first-order valence-corrected chi connectivity index (χ1v) is 6.41. The van der Waals surface area contributed by atoms with Gasteiger partial charge >= 0.3 is 0 Å². The number of hydrogen-bond donors (Lipinski definition) is 0. The van der Waals surface area contributed by atoms with E-state index in [2.05, 4.69) is 5.04 Å². The average molecular weight is 216 g/mol. The molecule has 1 saturated heterocycles. The molecule has 0 aromatic rings. The summed E-state index contributed by atoms with van der Waals surface area (Å²) >= 11 is 0. The fourth-order valence-electron chi connectivity index (χ4n) is 1.84. The minimum atomic E-state index is 0.653. The molecule has 1 aliphatic heterocycles. The Kier molecular flexibility index (Phi) is 8.98. The maximum atomic E-state index is 4.89. The Morgan fingerprint density at radius 3 is 1.13 bits per heavy atom. The molecular weight excluding hydrogens is 192 g/mol. The topological polar surface area (TPSA) is 27.7 Å². The van der Waals surface area contributed by atoms with E-state index in [1.807, 2.05) is 0 Å². The lowest BCUT2D eigenvalue weighted by atomic mass is 10.1. The molecule has 90 valence electrons. The van der Waals surface area contributed by atoms with Gasteiger partial charge in [-0.2, -0.15) is 0 Å². The third kappa shape index (κ3) is 8.85. The SMILES string of the molecule is C1CCCCCCOOOCCCCC1. The molecule has 0 N–H and O–H groups in total. The van der Waals surface area contributed by atoms with Crippen LogP contribution in [0.1, 0.15) is 64.2 Å². The van der Waals surface area contributed by atoms with E-state index in [1.54, 1.807) is 0 Å². The zero-order valence-electron chi connectivity index (χ0n) is 9.71. The van der Waals surface area contributed by atoms with E-state index in [4.69, 9.17) is 9.78 Å². The molecule has 1 fully saturated rings. The lowest BCUT2D eigenvalue weighted by Crippen LogP contribution is -2.00. The second-order valence-electron chi connectivity index (χ2n) is 4.25. The summed E-state index contributed by atoms with van der Waals surface area (Å²) in [5.74, 6) is 0. The van der Waals surface area contributed by atoms with Gasteiger partial charge in [0.25, 0.3) is 0 Å². The quantitative estimate of drug-likeness (QED) is 0.577. The molecule has 0 aromatic heterocycles. The van der Waals surface area contributed by atoms with Crippen molar-refractivity contribution in [3.8, 4) is 0 Å². The summed E-state index contributed by atoms with van der Waals surface area (Å²) in [5, 5.41) is 4.61. The molecule has 0 saturated carbocycles. The van der Waals surface area contributed by atoms with Gasteiger partial charge in [0.15, 0.2) is 0 Å². The van der Waals surface area contributed by atoms with Gasteiger partial charge < -0.3 is 0 Å². The molecular formula is C12H24O3. The van der Waals surface area contributed by atoms with Crippen LogP contribution in [0.25, 0.3) is 0 Å². The van der Waals surface area contributed by atoms with E-state index < -0.39 is 0 Å². The molecule has 1 heterocycles. The molecule has 1 aliphatic rings. The highest BCUT2D eigenvalue weighted by molar-refractivity contribution is 4.47. The minimum Gasteiger partial charge on any atom is -0.206 e. The van der Waals surface area contributed by atoms with Gasteiger partial charge in [0.05, 0.1) is 13.2 Å². The van der Waals surface area contributed by atoms with E-state index >= 15 is 0 Å². The van der Waals surface area contributed by atoms with E-state index in [0.717, 1.165) is 12.8 Å². The summed E-state index contributed by atoms with van der Waals surface area (Å²) in [6.07, 6.45) is 12.8. The molecule has 0 aromatic carbocycles. The van der Waals surface area contributed by atoms with Crippen LogP contribution in [-0.2, 0) is 14.8 Å². The maximum Gasteiger partial charge on any atom is 0.0853 e. The summed E-state index contributed by atoms with van der Waals surface area (Å²) in [7, 11) is 0. The molecule has 3 nitrogen and oxygen atoms in total. The van der Waals surface area contributed by atoms with E-state index in [-0.39, 0.29) is 0 Å². The van der Waals surface area contributed by atoms with Crippen molar-refractivity contribution < 1.29 is 14.8 Å². The highest BCUT2D eigenvalue weighted by atomic mass is 17.5. The Hall–Kier alpha value is -0.120. The van der Waals surface area contributed by atoms with Crippen LogP contribution in [0.15, 0.2) is 0 Å². The summed E-state index contributed by atoms with van der Waals surface area (Å²) in [6.45, 7) is 1.31. The van der Waals surface area contributed by atoms with E-state index in [0.29, 0.717) is 13.2 Å². The lowest BCUT2D eigenvalue weighted by molar-refractivity contribution is -0.512. The zero-order chi connectivity index (χ0) is 10.6. The highest BCUT2D eigenvalue weighted by Crippen LogP contribution is 2.11. The van der Waals surface area contributed by atoms with Crippen LogP contribution in [0.2, 0.25) is 0 Å². The van der Waals surface area contributed by atoms with Crippen LogP contribution in [0, 0.1) is 0 Å². The summed E-state index contributed by atoms with van der Waals surface area (Å²) < 4.78 is 0. The van der Waals surface area contributed by atoms with Gasteiger partial charge in [-0.1, -0.05) is 56.4 Å². The van der Waals surface area contributed by atoms with E-state index in [1.165, 1.54) is 51.4 Å². The van der Waals surface area contributed by atoms with Crippen molar-refractivity contribution in [1.82, 2.24) is 0 Å². The van der Waals surface area contributed by atoms with Crippen molar-refractivity contribution in [1.29, 1.82) is 0 Å². The Morgan fingerprint density at radius 1 is 0.400 bits per heavy atom. The largest absolute Gasteiger partial charge is 0.206 e.